The second-order valence-corrected chi connectivity index (χ2v) is 12.9. The van der Waals surface area contributed by atoms with Crippen LogP contribution in [0.15, 0.2) is 118 Å². The van der Waals surface area contributed by atoms with Gasteiger partial charge in [0, 0.05) is 48.2 Å². The van der Waals surface area contributed by atoms with Gasteiger partial charge >= 0.3 is 0 Å². The molecule has 2 fully saturated rings. The third-order valence-electron chi connectivity index (χ3n) is 7.65. The van der Waals surface area contributed by atoms with Gasteiger partial charge in [-0.05, 0) is 59.4 Å². The first-order valence-corrected chi connectivity index (χ1v) is 16.4. The van der Waals surface area contributed by atoms with Gasteiger partial charge in [0.1, 0.15) is 0 Å². The summed E-state index contributed by atoms with van der Waals surface area (Å²) in [5.74, 6) is 0. The van der Waals surface area contributed by atoms with E-state index in [0.717, 1.165) is 74.3 Å². The standard InChI is InChI=1S/2C18H20BrNO/c2*19-17-8-4-7-16(11-17)12-18-14-20(9-10-21-18)13-15-5-2-1-3-6-15/h2*1-8,11,18H,9-10,12-14H2. The normalized spacial score (nSPS) is 19.6. The van der Waals surface area contributed by atoms with Crippen molar-refractivity contribution in [3.8, 4) is 0 Å². The van der Waals surface area contributed by atoms with Crippen molar-refractivity contribution >= 4 is 31.9 Å². The molecule has 0 spiro atoms. The summed E-state index contributed by atoms with van der Waals surface area (Å²) in [6.45, 7) is 7.71. The number of halogens is 2. The second-order valence-electron chi connectivity index (χ2n) is 11.1. The van der Waals surface area contributed by atoms with E-state index in [4.69, 9.17) is 9.47 Å². The third-order valence-corrected chi connectivity index (χ3v) is 8.64. The van der Waals surface area contributed by atoms with Gasteiger partial charge in [-0.2, -0.15) is 0 Å². The molecule has 0 aromatic heterocycles. The first-order valence-electron chi connectivity index (χ1n) is 14.8. The molecule has 220 valence electrons. The molecule has 4 aromatic carbocycles. The first-order chi connectivity index (χ1) is 20.6. The number of hydrogen-bond donors (Lipinski definition) is 0. The Labute approximate surface area is 267 Å². The Morgan fingerprint density at radius 2 is 0.929 bits per heavy atom. The molecule has 2 saturated heterocycles. The van der Waals surface area contributed by atoms with Gasteiger partial charge in [0.25, 0.3) is 0 Å². The van der Waals surface area contributed by atoms with Gasteiger partial charge < -0.3 is 9.47 Å². The molecule has 2 aliphatic heterocycles. The van der Waals surface area contributed by atoms with Gasteiger partial charge in [0.2, 0.25) is 0 Å². The molecule has 0 saturated carbocycles. The van der Waals surface area contributed by atoms with E-state index in [1.807, 2.05) is 0 Å². The molecule has 0 amide bonds. The second kappa shape index (κ2) is 16.5. The number of rotatable bonds is 8. The van der Waals surface area contributed by atoms with Crippen LogP contribution in [0.1, 0.15) is 22.3 Å². The molecule has 2 aliphatic rings. The highest BCUT2D eigenvalue weighted by molar-refractivity contribution is 9.10. The smallest absolute Gasteiger partial charge is 0.0743 e. The van der Waals surface area contributed by atoms with Crippen LogP contribution < -0.4 is 0 Å². The number of ether oxygens (including phenoxy) is 2. The summed E-state index contributed by atoms with van der Waals surface area (Å²) in [5, 5.41) is 0. The Bertz CT molecular complexity index is 1250. The fourth-order valence-corrected chi connectivity index (χ4v) is 6.53. The maximum Gasteiger partial charge on any atom is 0.0743 e. The van der Waals surface area contributed by atoms with Crippen molar-refractivity contribution in [3.05, 3.63) is 140 Å². The van der Waals surface area contributed by atoms with Crippen LogP contribution in [0.5, 0.6) is 0 Å². The largest absolute Gasteiger partial charge is 0.375 e. The van der Waals surface area contributed by atoms with E-state index in [1.165, 1.54) is 22.3 Å². The summed E-state index contributed by atoms with van der Waals surface area (Å²) in [5.41, 5.74) is 5.41. The Morgan fingerprint density at radius 3 is 1.33 bits per heavy atom. The fourth-order valence-electron chi connectivity index (χ4n) is 5.63. The molecule has 6 heteroatoms. The lowest BCUT2D eigenvalue weighted by molar-refractivity contribution is -0.0306. The van der Waals surface area contributed by atoms with E-state index in [-0.39, 0.29) is 12.2 Å². The van der Waals surface area contributed by atoms with Crippen LogP contribution in [0.25, 0.3) is 0 Å². The van der Waals surface area contributed by atoms with Crippen LogP contribution >= 0.6 is 31.9 Å². The number of nitrogens with zero attached hydrogens (tertiary/aromatic N) is 2. The molecule has 4 nitrogen and oxygen atoms in total. The highest BCUT2D eigenvalue weighted by Gasteiger charge is 2.22. The van der Waals surface area contributed by atoms with Crippen LogP contribution in [0, 0.1) is 0 Å². The summed E-state index contributed by atoms with van der Waals surface area (Å²) >= 11 is 7.06. The summed E-state index contributed by atoms with van der Waals surface area (Å²) < 4.78 is 14.1. The average Bonchev–Trinajstić information content (AvgIpc) is 2.99. The van der Waals surface area contributed by atoms with Crippen LogP contribution in [0.2, 0.25) is 0 Å². The highest BCUT2D eigenvalue weighted by atomic mass is 79.9. The van der Waals surface area contributed by atoms with Crippen molar-refractivity contribution in [1.29, 1.82) is 0 Å². The molecular weight excluding hydrogens is 652 g/mol. The Morgan fingerprint density at radius 1 is 0.524 bits per heavy atom. The van der Waals surface area contributed by atoms with Crippen molar-refractivity contribution in [3.63, 3.8) is 0 Å². The Hall–Kier alpha value is -2.32. The quantitative estimate of drug-likeness (QED) is 0.188. The first kappa shape index (κ1) is 31.1. The molecule has 0 bridgehead atoms. The van der Waals surface area contributed by atoms with Crippen LogP contribution in [0.3, 0.4) is 0 Å². The zero-order valence-corrected chi connectivity index (χ0v) is 27.3. The fraction of sp³-hybridized carbons (Fsp3) is 0.333. The maximum atomic E-state index is 5.93. The minimum atomic E-state index is 0.289. The Balaban J connectivity index is 0.000000168. The van der Waals surface area contributed by atoms with Crippen molar-refractivity contribution in [1.82, 2.24) is 9.80 Å². The third kappa shape index (κ3) is 10.4. The predicted molar refractivity (Wildman–Crippen MR) is 179 cm³/mol. The lowest BCUT2D eigenvalue weighted by atomic mass is 10.1. The van der Waals surface area contributed by atoms with Crippen molar-refractivity contribution in [2.75, 3.05) is 39.4 Å². The Kier molecular flexibility index (Phi) is 12.2. The zero-order chi connectivity index (χ0) is 29.0. The van der Waals surface area contributed by atoms with Gasteiger partial charge in [-0.1, -0.05) is 117 Å². The molecular formula is C36H40Br2N2O2. The van der Waals surface area contributed by atoms with Crippen molar-refractivity contribution < 1.29 is 9.47 Å². The lowest BCUT2D eigenvalue weighted by Gasteiger charge is -2.33. The predicted octanol–water partition coefficient (Wildman–Crippen LogP) is 7.79. The topological polar surface area (TPSA) is 24.9 Å². The molecule has 4 aromatic rings. The molecule has 2 unspecified atom stereocenters. The summed E-state index contributed by atoms with van der Waals surface area (Å²) in [6.07, 6.45) is 2.53. The average molecular weight is 693 g/mol. The molecule has 0 N–H and O–H groups in total. The lowest BCUT2D eigenvalue weighted by Crippen LogP contribution is -2.42. The molecule has 0 radical (unpaired) electrons. The number of morpholine rings is 2. The van der Waals surface area contributed by atoms with Crippen LogP contribution in [-0.4, -0.2) is 61.4 Å². The maximum absolute atomic E-state index is 5.93. The van der Waals surface area contributed by atoms with Gasteiger partial charge in [-0.15, -0.1) is 0 Å². The van der Waals surface area contributed by atoms with E-state index in [1.54, 1.807) is 0 Å². The summed E-state index contributed by atoms with van der Waals surface area (Å²) in [6, 6.07) is 38.3. The molecule has 2 atom stereocenters. The van der Waals surface area contributed by atoms with E-state index >= 15 is 0 Å². The monoisotopic (exact) mass is 690 g/mol. The number of hydrogen-bond acceptors (Lipinski definition) is 4. The van der Waals surface area contributed by atoms with Crippen molar-refractivity contribution in [2.45, 2.75) is 38.1 Å². The van der Waals surface area contributed by atoms with Crippen LogP contribution in [-0.2, 0) is 35.4 Å². The zero-order valence-electron chi connectivity index (χ0n) is 24.1. The summed E-state index contributed by atoms with van der Waals surface area (Å²) in [4.78, 5) is 4.98. The SMILES string of the molecule is Brc1cccc(CC2CN(Cc3ccccc3)CCO2)c1.Brc1cccc(CC2CN(Cc3ccccc3)CCO2)c1. The van der Waals surface area contributed by atoms with E-state index in [9.17, 15) is 0 Å². The summed E-state index contributed by atoms with van der Waals surface area (Å²) in [7, 11) is 0. The molecule has 42 heavy (non-hydrogen) atoms. The molecule has 2 heterocycles. The van der Waals surface area contributed by atoms with Gasteiger partial charge in [-0.25, -0.2) is 0 Å². The van der Waals surface area contributed by atoms with Crippen molar-refractivity contribution in [2.24, 2.45) is 0 Å². The molecule has 0 aliphatic carbocycles. The van der Waals surface area contributed by atoms with E-state index in [2.05, 4.69) is 151 Å². The van der Waals surface area contributed by atoms with Gasteiger partial charge in [-0.3, -0.25) is 9.80 Å². The van der Waals surface area contributed by atoms with Gasteiger partial charge in [0.05, 0.1) is 25.4 Å². The van der Waals surface area contributed by atoms with E-state index < -0.39 is 0 Å². The van der Waals surface area contributed by atoms with E-state index in [0.29, 0.717) is 0 Å². The highest BCUT2D eigenvalue weighted by Crippen LogP contribution is 2.19. The minimum Gasteiger partial charge on any atom is -0.375 e. The minimum absolute atomic E-state index is 0.289. The van der Waals surface area contributed by atoms with Gasteiger partial charge in [0.15, 0.2) is 0 Å². The molecule has 6 rings (SSSR count). The van der Waals surface area contributed by atoms with Crippen LogP contribution in [0.4, 0.5) is 0 Å². The number of benzene rings is 4.